The standard InChI is InChI=1S/C65H114O6/c1-4-7-10-13-16-19-22-25-28-31-32-35-37-40-43-46-49-52-55-58-64(67)70-61-62(71-65(68)59-56-53-50-47-44-41-38-34-30-27-24-21-18-15-12-9-6-3)60-69-63(66)57-54-51-48-45-42-39-36-33-29-26-23-20-17-14-11-8-5-2/h9,12,17-18,20-21,26-27,29-30,38,41,62H,4-8,10-11,13-16,19,22-25,28,31-37,39-40,42-61H2,1-3H3/b12-9-,20-17-,21-18-,29-26-,30-27-,41-38-. The number of carbonyl (C=O) groups is 3. The molecule has 0 aliphatic heterocycles. The Morgan fingerprint density at radius 3 is 0.887 bits per heavy atom. The van der Waals surface area contributed by atoms with Crippen LogP contribution in [0, 0.1) is 0 Å². The molecule has 410 valence electrons. The number of esters is 3. The van der Waals surface area contributed by atoms with Gasteiger partial charge in [-0.05, 0) is 89.9 Å². The summed E-state index contributed by atoms with van der Waals surface area (Å²) in [5, 5.41) is 0. The van der Waals surface area contributed by atoms with Crippen LogP contribution in [-0.4, -0.2) is 37.2 Å². The summed E-state index contributed by atoms with van der Waals surface area (Å²) in [7, 11) is 0. The number of rotatable bonds is 55. The number of hydrogen-bond acceptors (Lipinski definition) is 6. The lowest BCUT2D eigenvalue weighted by Crippen LogP contribution is -2.30. The molecule has 0 rings (SSSR count). The van der Waals surface area contributed by atoms with E-state index in [0.717, 1.165) is 109 Å². The fourth-order valence-corrected chi connectivity index (χ4v) is 8.64. The molecule has 0 amide bonds. The third-order valence-corrected chi connectivity index (χ3v) is 13.2. The minimum absolute atomic E-state index is 0.0855. The molecule has 0 radical (unpaired) electrons. The maximum atomic E-state index is 12.9. The van der Waals surface area contributed by atoms with Crippen molar-refractivity contribution in [2.24, 2.45) is 0 Å². The number of carbonyl (C=O) groups excluding carboxylic acids is 3. The monoisotopic (exact) mass is 991 g/mol. The summed E-state index contributed by atoms with van der Waals surface area (Å²) in [5.41, 5.74) is 0. The van der Waals surface area contributed by atoms with Crippen molar-refractivity contribution >= 4 is 17.9 Å². The lowest BCUT2D eigenvalue weighted by molar-refractivity contribution is -0.167. The highest BCUT2D eigenvalue weighted by Gasteiger charge is 2.19. The van der Waals surface area contributed by atoms with E-state index in [1.54, 1.807) is 0 Å². The van der Waals surface area contributed by atoms with Crippen LogP contribution in [0.1, 0.15) is 303 Å². The second kappa shape index (κ2) is 59.4. The Kier molecular flexibility index (Phi) is 56.8. The van der Waals surface area contributed by atoms with E-state index < -0.39 is 6.10 Å². The van der Waals surface area contributed by atoms with Crippen molar-refractivity contribution in [3.05, 3.63) is 72.9 Å². The van der Waals surface area contributed by atoms with Gasteiger partial charge < -0.3 is 14.2 Å². The Morgan fingerprint density at radius 2 is 0.549 bits per heavy atom. The van der Waals surface area contributed by atoms with Crippen molar-refractivity contribution in [3.8, 4) is 0 Å². The summed E-state index contributed by atoms with van der Waals surface area (Å²) in [6, 6.07) is 0. The lowest BCUT2D eigenvalue weighted by atomic mass is 10.0. The van der Waals surface area contributed by atoms with Gasteiger partial charge in [0.2, 0.25) is 0 Å². The average Bonchev–Trinajstić information content (AvgIpc) is 3.37. The van der Waals surface area contributed by atoms with Crippen molar-refractivity contribution < 1.29 is 28.6 Å². The summed E-state index contributed by atoms with van der Waals surface area (Å²) in [5.74, 6) is -0.904. The number of ether oxygens (including phenoxy) is 3. The van der Waals surface area contributed by atoms with Gasteiger partial charge in [-0.25, -0.2) is 0 Å². The maximum absolute atomic E-state index is 12.9. The van der Waals surface area contributed by atoms with Crippen LogP contribution < -0.4 is 0 Å². The molecule has 0 heterocycles. The second-order valence-corrected chi connectivity index (χ2v) is 20.2. The first-order valence-electron chi connectivity index (χ1n) is 30.4. The molecule has 0 aliphatic rings. The number of unbranched alkanes of at least 4 members (excludes halogenated alkanes) is 32. The van der Waals surface area contributed by atoms with Crippen molar-refractivity contribution in [2.45, 2.75) is 309 Å². The van der Waals surface area contributed by atoms with Crippen LogP contribution in [0.4, 0.5) is 0 Å². The van der Waals surface area contributed by atoms with Gasteiger partial charge in [0, 0.05) is 19.3 Å². The van der Waals surface area contributed by atoms with E-state index >= 15 is 0 Å². The fourth-order valence-electron chi connectivity index (χ4n) is 8.64. The van der Waals surface area contributed by atoms with E-state index in [-0.39, 0.29) is 31.1 Å². The first kappa shape index (κ1) is 67.8. The van der Waals surface area contributed by atoms with Gasteiger partial charge in [0.15, 0.2) is 6.10 Å². The van der Waals surface area contributed by atoms with Gasteiger partial charge in [0.05, 0.1) is 0 Å². The minimum atomic E-state index is -0.791. The summed E-state index contributed by atoms with van der Waals surface area (Å²) < 4.78 is 16.9. The molecule has 0 aromatic heterocycles. The predicted molar refractivity (Wildman–Crippen MR) is 307 cm³/mol. The molecule has 1 unspecified atom stereocenters. The molecule has 0 N–H and O–H groups in total. The molecular weight excluding hydrogens is 877 g/mol. The largest absolute Gasteiger partial charge is 0.462 e. The molecule has 0 bridgehead atoms. The zero-order chi connectivity index (χ0) is 51.4. The van der Waals surface area contributed by atoms with E-state index in [2.05, 4.69) is 93.7 Å². The highest BCUT2D eigenvalue weighted by Crippen LogP contribution is 2.16. The fraction of sp³-hybridized carbons (Fsp3) is 0.769. The molecule has 0 spiro atoms. The summed E-state index contributed by atoms with van der Waals surface area (Å²) >= 11 is 0. The van der Waals surface area contributed by atoms with Gasteiger partial charge >= 0.3 is 17.9 Å². The predicted octanol–water partition coefficient (Wildman–Crippen LogP) is 20.5. The second-order valence-electron chi connectivity index (χ2n) is 20.2. The van der Waals surface area contributed by atoms with Crippen LogP contribution in [0.5, 0.6) is 0 Å². The Morgan fingerprint density at radius 1 is 0.296 bits per heavy atom. The van der Waals surface area contributed by atoms with Gasteiger partial charge in [0.1, 0.15) is 13.2 Å². The molecule has 6 nitrogen and oxygen atoms in total. The van der Waals surface area contributed by atoms with Crippen LogP contribution in [0.2, 0.25) is 0 Å². The Bertz CT molecular complexity index is 1320. The van der Waals surface area contributed by atoms with Crippen molar-refractivity contribution in [1.82, 2.24) is 0 Å². The number of hydrogen-bond donors (Lipinski definition) is 0. The molecule has 0 fully saturated rings. The van der Waals surface area contributed by atoms with E-state index in [9.17, 15) is 14.4 Å². The normalized spacial score (nSPS) is 12.5. The molecule has 0 aromatic rings. The topological polar surface area (TPSA) is 78.9 Å². The average molecular weight is 992 g/mol. The lowest BCUT2D eigenvalue weighted by Gasteiger charge is -2.18. The molecule has 71 heavy (non-hydrogen) atoms. The molecule has 0 saturated heterocycles. The van der Waals surface area contributed by atoms with Crippen molar-refractivity contribution in [1.29, 1.82) is 0 Å². The van der Waals surface area contributed by atoms with Gasteiger partial charge in [0.25, 0.3) is 0 Å². The van der Waals surface area contributed by atoms with E-state index in [0.29, 0.717) is 19.3 Å². The molecule has 6 heteroatoms. The summed E-state index contributed by atoms with van der Waals surface area (Å²) in [4.78, 5) is 38.3. The highest BCUT2D eigenvalue weighted by atomic mass is 16.6. The van der Waals surface area contributed by atoms with Crippen molar-refractivity contribution in [2.75, 3.05) is 13.2 Å². The van der Waals surface area contributed by atoms with Gasteiger partial charge in [-0.3, -0.25) is 14.4 Å². The van der Waals surface area contributed by atoms with Gasteiger partial charge in [-0.2, -0.15) is 0 Å². The van der Waals surface area contributed by atoms with Crippen LogP contribution in [0.3, 0.4) is 0 Å². The summed E-state index contributed by atoms with van der Waals surface area (Å²) in [6.45, 7) is 6.51. The van der Waals surface area contributed by atoms with E-state index in [1.165, 1.54) is 154 Å². The Hall–Kier alpha value is -3.15. The smallest absolute Gasteiger partial charge is 0.306 e. The highest BCUT2D eigenvalue weighted by molar-refractivity contribution is 5.71. The third-order valence-electron chi connectivity index (χ3n) is 13.2. The number of allylic oxidation sites excluding steroid dienone is 12. The van der Waals surface area contributed by atoms with Gasteiger partial charge in [-0.1, -0.05) is 267 Å². The molecule has 1 atom stereocenters. The van der Waals surface area contributed by atoms with Crippen LogP contribution in [0.15, 0.2) is 72.9 Å². The summed E-state index contributed by atoms with van der Waals surface area (Å²) in [6.07, 6.45) is 76.1. The first-order chi connectivity index (χ1) is 35.0. The molecule has 0 aromatic carbocycles. The zero-order valence-electron chi connectivity index (χ0n) is 47.0. The van der Waals surface area contributed by atoms with Crippen LogP contribution in [-0.2, 0) is 28.6 Å². The molecule has 0 saturated carbocycles. The van der Waals surface area contributed by atoms with Crippen molar-refractivity contribution in [3.63, 3.8) is 0 Å². The molecule has 0 aliphatic carbocycles. The SMILES string of the molecule is CC/C=C\C/C=C\C/C=C\C/C=C\CCCCCCC(=O)OC(COC(=O)CCCCCCCCC/C=C\C/C=C\CCCCC)COC(=O)CCCCCCCCCCCCCCCCCCCCC. The third kappa shape index (κ3) is 57.6. The Labute approximate surface area is 440 Å². The molecular formula is C65H114O6. The van der Waals surface area contributed by atoms with E-state index in [4.69, 9.17) is 14.2 Å². The van der Waals surface area contributed by atoms with Gasteiger partial charge in [-0.15, -0.1) is 0 Å². The van der Waals surface area contributed by atoms with Crippen LogP contribution in [0.25, 0.3) is 0 Å². The minimum Gasteiger partial charge on any atom is -0.462 e. The van der Waals surface area contributed by atoms with E-state index in [1.807, 2.05) is 0 Å². The Balaban J connectivity index is 4.40. The quantitative estimate of drug-likeness (QED) is 0.0261. The first-order valence-corrected chi connectivity index (χ1v) is 30.4. The van der Waals surface area contributed by atoms with Crippen LogP contribution >= 0.6 is 0 Å². The zero-order valence-corrected chi connectivity index (χ0v) is 47.0. The maximum Gasteiger partial charge on any atom is 0.306 e.